The van der Waals surface area contributed by atoms with E-state index in [1.165, 1.54) is 5.57 Å². The standard InChI is InChI=1S/C14H12BrClO/c1-10(9-15)8-13-6-7-14(17-13)11-2-4-12(16)5-3-11/h2-8H,9H2,1H3. The lowest BCUT2D eigenvalue weighted by Gasteiger charge is -1.97. The van der Waals surface area contributed by atoms with Crippen molar-refractivity contribution in [1.29, 1.82) is 0 Å². The molecule has 0 saturated heterocycles. The number of furan rings is 1. The summed E-state index contributed by atoms with van der Waals surface area (Å²) < 4.78 is 5.74. The van der Waals surface area contributed by atoms with Crippen molar-refractivity contribution in [3.05, 3.63) is 52.8 Å². The molecule has 88 valence electrons. The minimum Gasteiger partial charge on any atom is -0.457 e. The fraction of sp³-hybridized carbons (Fsp3) is 0.143. The maximum atomic E-state index is 5.85. The molecule has 1 aromatic heterocycles. The minimum atomic E-state index is 0.732. The van der Waals surface area contributed by atoms with Crippen LogP contribution in [-0.4, -0.2) is 5.33 Å². The summed E-state index contributed by atoms with van der Waals surface area (Å²) in [6.45, 7) is 2.05. The first-order chi connectivity index (χ1) is 8.19. The number of hydrogen-bond donors (Lipinski definition) is 0. The van der Waals surface area contributed by atoms with Crippen LogP contribution in [0, 0.1) is 0 Å². The van der Waals surface area contributed by atoms with Gasteiger partial charge in [0.05, 0.1) is 0 Å². The zero-order valence-corrected chi connectivity index (χ0v) is 11.8. The monoisotopic (exact) mass is 310 g/mol. The van der Waals surface area contributed by atoms with Gasteiger partial charge >= 0.3 is 0 Å². The van der Waals surface area contributed by atoms with E-state index in [4.69, 9.17) is 16.0 Å². The normalized spacial score (nSPS) is 11.8. The van der Waals surface area contributed by atoms with E-state index in [-0.39, 0.29) is 0 Å². The van der Waals surface area contributed by atoms with Gasteiger partial charge in [-0.1, -0.05) is 33.1 Å². The first-order valence-electron chi connectivity index (χ1n) is 5.28. The topological polar surface area (TPSA) is 13.1 Å². The number of allylic oxidation sites excluding steroid dienone is 1. The van der Waals surface area contributed by atoms with Gasteiger partial charge < -0.3 is 4.42 Å². The molecule has 0 fully saturated rings. The Morgan fingerprint density at radius 3 is 2.59 bits per heavy atom. The Balaban J connectivity index is 2.27. The van der Waals surface area contributed by atoms with Crippen LogP contribution < -0.4 is 0 Å². The molecule has 17 heavy (non-hydrogen) atoms. The van der Waals surface area contributed by atoms with Crippen molar-refractivity contribution in [1.82, 2.24) is 0 Å². The third kappa shape index (κ3) is 3.24. The van der Waals surface area contributed by atoms with Gasteiger partial charge in [0, 0.05) is 15.9 Å². The van der Waals surface area contributed by atoms with Crippen molar-refractivity contribution in [2.75, 3.05) is 5.33 Å². The van der Waals surface area contributed by atoms with Gasteiger partial charge in [-0.3, -0.25) is 0 Å². The van der Waals surface area contributed by atoms with Gasteiger partial charge in [0.1, 0.15) is 11.5 Å². The van der Waals surface area contributed by atoms with E-state index in [1.807, 2.05) is 42.5 Å². The highest BCUT2D eigenvalue weighted by atomic mass is 79.9. The summed E-state index contributed by atoms with van der Waals surface area (Å²) in [6, 6.07) is 11.6. The summed E-state index contributed by atoms with van der Waals surface area (Å²) in [5.74, 6) is 1.72. The Labute approximate surface area is 114 Å². The van der Waals surface area contributed by atoms with Crippen molar-refractivity contribution in [3.63, 3.8) is 0 Å². The number of halogens is 2. The van der Waals surface area contributed by atoms with Crippen LogP contribution in [0.1, 0.15) is 12.7 Å². The van der Waals surface area contributed by atoms with Crippen LogP contribution in [0.5, 0.6) is 0 Å². The van der Waals surface area contributed by atoms with Crippen LogP contribution >= 0.6 is 27.5 Å². The number of benzene rings is 1. The Hall–Kier alpha value is -0.990. The zero-order valence-electron chi connectivity index (χ0n) is 9.41. The third-order valence-corrected chi connectivity index (χ3v) is 3.49. The molecule has 0 amide bonds. The predicted molar refractivity (Wildman–Crippen MR) is 76.6 cm³/mol. The van der Waals surface area contributed by atoms with Crippen molar-refractivity contribution < 1.29 is 4.42 Å². The molecule has 0 radical (unpaired) electrons. The summed E-state index contributed by atoms with van der Waals surface area (Å²) in [5, 5.41) is 1.58. The fourth-order valence-electron chi connectivity index (χ4n) is 1.48. The van der Waals surface area contributed by atoms with Crippen LogP contribution in [0.4, 0.5) is 0 Å². The average Bonchev–Trinajstić information content (AvgIpc) is 2.78. The first kappa shape index (κ1) is 12.5. The molecule has 1 heterocycles. The molecule has 0 bridgehead atoms. The molecule has 0 aliphatic heterocycles. The molecule has 0 atom stereocenters. The van der Waals surface area contributed by atoms with Crippen LogP contribution in [0.15, 0.2) is 46.4 Å². The van der Waals surface area contributed by atoms with Gasteiger partial charge in [-0.25, -0.2) is 0 Å². The van der Waals surface area contributed by atoms with Crippen LogP contribution in [0.3, 0.4) is 0 Å². The summed E-state index contributed by atoms with van der Waals surface area (Å²) in [5.41, 5.74) is 2.26. The molecule has 1 aromatic carbocycles. The molecule has 0 unspecified atom stereocenters. The lowest BCUT2D eigenvalue weighted by molar-refractivity contribution is 0.571. The van der Waals surface area contributed by atoms with Gasteiger partial charge in [0.25, 0.3) is 0 Å². The number of rotatable bonds is 3. The second kappa shape index (κ2) is 5.56. The molecule has 0 N–H and O–H groups in total. The van der Waals surface area contributed by atoms with E-state index in [2.05, 4.69) is 22.9 Å². The second-order valence-electron chi connectivity index (χ2n) is 3.83. The Bertz CT molecular complexity index is 525. The number of hydrogen-bond acceptors (Lipinski definition) is 1. The van der Waals surface area contributed by atoms with Gasteiger partial charge in [0.2, 0.25) is 0 Å². The Morgan fingerprint density at radius 1 is 1.24 bits per heavy atom. The quantitative estimate of drug-likeness (QED) is 0.692. The van der Waals surface area contributed by atoms with E-state index in [1.54, 1.807) is 0 Å². The van der Waals surface area contributed by atoms with Crippen LogP contribution in [0.2, 0.25) is 5.02 Å². The van der Waals surface area contributed by atoms with E-state index in [0.29, 0.717) is 0 Å². The minimum absolute atomic E-state index is 0.732. The summed E-state index contributed by atoms with van der Waals surface area (Å²) in [7, 11) is 0. The van der Waals surface area contributed by atoms with Crippen LogP contribution in [0.25, 0.3) is 17.4 Å². The highest BCUT2D eigenvalue weighted by Crippen LogP contribution is 2.24. The fourth-order valence-corrected chi connectivity index (χ4v) is 1.77. The molecular weight excluding hydrogens is 300 g/mol. The highest BCUT2D eigenvalue weighted by molar-refractivity contribution is 9.09. The van der Waals surface area contributed by atoms with E-state index >= 15 is 0 Å². The maximum absolute atomic E-state index is 5.85. The summed E-state index contributed by atoms with van der Waals surface area (Å²) in [4.78, 5) is 0. The van der Waals surface area contributed by atoms with E-state index in [9.17, 15) is 0 Å². The largest absolute Gasteiger partial charge is 0.457 e. The van der Waals surface area contributed by atoms with Crippen LogP contribution in [-0.2, 0) is 0 Å². The lowest BCUT2D eigenvalue weighted by Crippen LogP contribution is -1.75. The summed E-state index contributed by atoms with van der Waals surface area (Å²) >= 11 is 9.25. The molecule has 3 heteroatoms. The maximum Gasteiger partial charge on any atom is 0.134 e. The molecule has 0 spiro atoms. The molecule has 0 saturated carbocycles. The molecular formula is C14H12BrClO. The van der Waals surface area contributed by atoms with Crippen molar-refractivity contribution in [2.45, 2.75) is 6.92 Å². The number of alkyl halides is 1. The molecule has 0 aliphatic rings. The predicted octanol–water partition coefficient (Wildman–Crippen LogP) is 5.40. The highest BCUT2D eigenvalue weighted by Gasteiger charge is 2.03. The summed E-state index contributed by atoms with van der Waals surface area (Å²) in [6.07, 6.45) is 2.02. The van der Waals surface area contributed by atoms with E-state index < -0.39 is 0 Å². The average molecular weight is 312 g/mol. The first-order valence-corrected chi connectivity index (χ1v) is 6.78. The van der Waals surface area contributed by atoms with Gasteiger partial charge in [0.15, 0.2) is 0 Å². The van der Waals surface area contributed by atoms with Gasteiger partial charge in [-0.05, 0) is 49.4 Å². The van der Waals surface area contributed by atoms with E-state index in [0.717, 1.165) is 27.4 Å². The molecule has 2 rings (SSSR count). The van der Waals surface area contributed by atoms with Gasteiger partial charge in [-0.2, -0.15) is 0 Å². The second-order valence-corrected chi connectivity index (χ2v) is 4.83. The smallest absolute Gasteiger partial charge is 0.134 e. The van der Waals surface area contributed by atoms with Gasteiger partial charge in [-0.15, -0.1) is 0 Å². The lowest BCUT2D eigenvalue weighted by atomic mass is 10.2. The van der Waals surface area contributed by atoms with Crippen molar-refractivity contribution in [3.8, 4) is 11.3 Å². The Morgan fingerprint density at radius 2 is 1.94 bits per heavy atom. The molecule has 0 aliphatic carbocycles. The SMILES string of the molecule is CC(=Cc1ccc(-c2ccc(Cl)cc2)o1)CBr. The Kier molecular flexibility index (Phi) is 4.08. The third-order valence-electron chi connectivity index (χ3n) is 2.35. The van der Waals surface area contributed by atoms with Crippen molar-refractivity contribution in [2.24, 2.45) is 0 Å². The molecule has 1 nitrogen and oxygen atoms in total. The van der Waals surface area contributed by atoms with Crippen molar-refractivity contribution >= 4 is 33.6 Å². The molecule has 2 aromatic rings. The zero-order chi connectivity index (χ0) is 12.3.